The van der Waals surface area contributed by atoms with Gasteiger partial charge in [0.05, 0.1) is 12.7 Å². The van der Waals surface area contributed by atoms with Crippen molar-refractivity contribution >= 4 is 5.97 Å². The van der Waals surface area contributed by atoms with Gasteiger partial charge in [-0.25, -0.2) is 4.79 Å². The maximum Gasteiger partial charge on any atom is 0.339 e. The van der Waals surface area contributed by atoms with E-state index in [0.717, 1.165) is 22.4 Å². The lowest BCUT2D eigenvalue weighted by atomic mass is 10.1. The van der Waals surface area contributed by atoms with Gasteiger partial charge in [-0.1, -0.05) is 60.9 Å². The summed E-state index contributed by atoms with van der Waals surface area (Å²) in [5.74, 6) is 6.51. The Labute approximate surface area is 171 Å². The quantitative estimate of drug-likeness (QED) is 0.340. The Hall–Kier alpha value is -3.77. The third kappa shape index (κ3) is 5.85. The summed E-state index contributed by atoms with van der Waals surface area (Å²) in [5, 5.41) is 0. The molecule has 144 valence electrons. The lowest BCUT2D eigenvalue weighted by Gasteiger charge is -2.09. The van der Waals surface area contributed by atoms with Gasteiger partial charge in [-0.3, -0.25) is 0 Å². The first-order valence-electron chi connectivity index (χ1n) is 9.28. The zero-order valence-electron chi connectivity index (χ0n) is 16.4. The van der Waals surface area contributed by atoms with E-state index >= 15 is 0 Å². The monoisotopic (exact) mass is 382 g/mol. The van der Waals surface area contributed by atoms with Crippen molar-refractivity contribution in [1.29, 1.82) is 0 Å². The summed E-state index contributed by atoms with van der Waals surface area (Å²) < 4.78 is 10.6. The lowest BCUT2D eigenvalue weighted by Crippen LogP contribution is -2.10. The summed E-state index contributed by atoms with van der Waals surface area (Å²) in [7, 11) is 1.62. The predicted octanol–water partition coefficient (Wildman–Crippen LogP) is 5.05. The van der Waals surface area contributed by atoms with E-state index in [9.17, 15) is 4.79 Å². The number of methoxy groups -OCH3 is 1. The first-order valence-corrected chi connectivity index (χ1v) is 9.28. The number of rotatable bonds is 6. The SMILES string of the molecule is C=C(COC(=O)c1ccccc1C#Cc1ccc(OC)cc1)Cc1ccccc1. The molecule has 3 nitrogen and oxygen atoms in total. The molecule has 29 heavy (non-hydrogen) atoms. The second kappa shape index (κ2) is 9.96. The molecule has 0 aliphatic heterocycles. The van der Waals surface area contributed by atoms with Gasteiger partial charge >= 0.3 is 5.97 Å². The number of benzene rings is 3. The molecule has 0 unspecified atom stereocenters. The summed E-state index contributed by atoms with van der Waals surface area (Å²) in [5.41, 5.74) is 3.89. The van der Waals surface area contributed by atoms with Crippen LogP contribution in [0, 0.1) is 11.8 Å². The third-order valence-corrected chi connectivity index (χ3v) is 4.28. The molecule has 0 aliphatic rings. The van der Waals surface area contributed by atoms with E-state index in [2.05, 4.69) is 18.4 Å². The van der Waals surface area contributed by atoms with Crippen molar-refractivity contribution in [3.05, 3.63) is 113 Å². The molecule has 0 aliphatic carbocycles. The molecule has 0 radical (unpaired) electrons. The van der Waals surface area contributed by atoms with Crippen LogP contribution in [0.1, 0.15) is 27.0 Å². The molecule has 0 atom stereocenters. The largest absolute Gasteiger partial charge is 0.497 e. The Morgan fingerprint density at radius 3 is 2.31 bits per heavy atom. The summed E-state index contributed by atoms with van der Waals surface area (Å²) in [6.07, 6.45) is 0.674. The molecule has 0 heterocycles. The Balaban J connectivity index is 1.65. The fraction of sp³-hybridized carbons (Fsp3) is 0.115. The molecule has 0 aromatic heterocycles. The van der Waals surface area contributed by atoms with Gasteiger partial charge in [-0.2, -0.15) is 0 Å². The van der Waals surface area contributed by atoms with Crippen molar-refractivity contribution in [2.24, 2.45) is 0 Å². The number of hydrogen-bond acceptors (Lipinski definition) is 3. The Bertz CT molecular complexity index is 1040. The topological polar surface area (TPSA) is 35.5 Å². The summed E-state index contributed by atoms with van der Waals surface area (Å²) in [6, 6.07) is 24.6. The second-order valence-corrected chi connectivity index (χ2v) is 6.51. The van der Waals surface area contributed by atoms with Crippen molar-refractivity contribution in [3.63, 3.8) is 0 Å². The standard InChI is InChI=1S/C26H22O3/c1-20(18-22-8-4-3-5-9-22)19-29-26(27)25-11-7-6-10-23(25)15-12-21-13-16-24(28-2)17-14-21/h3-11,13-14,16-17H,1,18-19H2,2H3. The zero-order valence-corrected chi connectivity index (χ0v) is 16.4. The van der Waals surface area contributed by atoms with Crippen molar-refractivity contribution < 1.29 is 14.3 Å². The van der Waals surface area contributed by atoms with Gasteiger partial charge < -0.3 is 9.47 Å². The lowest BCUT2D eigenvalue weighted by molar-refractivity contribution is 0.0538. The van der Waals surface area contributed by atoms with Crippen molar-refractivity contribution in [2.45, 2.75) is 6.42 Å². The van der Waals surface area contributed by atoms with E-state index in [4.69, 9.17) is 9.47 Å². The molecule has 0 bridgehead atoms. The van der Waals surface area contributed by atoms with Crippen LogP contribution in [0.2, 0.25) is 0 Å². The van der Waals surface area contributed by atoms with E-state index in [1.54, 1.807) is 19.2 Å². The van der Waals surface area contributed by atoms with Gasteiger partial charge in [0.25, 0.3) is 0 Å². The minimum Gasteiger partial charge on any atom is -0.497 e. The van der Waals surface area contributed by atoms with Crippen LogP contribution in [0.3, 0.4) is 0 Å². The maximum atomic E-state index is 12.6. The number of carbonyl (C=O) groups excluding carboxylic acids is 1. The molecule has 0 amide bonds. The van der Waals surface area contributed by atoms with Gasteiger partial charge in [0.15, 0.2) is 0 Å². The molecule has 3 heteroatoms. The summed E-state index contributed by atoms with van der Waals surface area (Å²) in [4.78, 5) is 12.6. The highest BCUT2D eigenvalue weighted by Crippen LogP contribution is 2.13. The molecule has 0 saturated carbocycles. The molecule has 0 N–H and O–H groups in total. The maximum absolute atomic E-state index is 12.6. The van der Waals surface area contributed by atoms with Crippen molar-refractivity contribution in [2.75, 3.05) is 13.7 Å². The van der Waals surface area contributed by atoms with E-state index in [0.29, 0.717) is 17.5 Å². The fourth-order valence-corrected chi connectivity index (χ4v) is 2.76. The Morgan fingerprint density at radius 1 is 0.897 bits per heavy atom. The molecule has 0 fully saturated rings. The van der Waals surface area contributed by atoms with Gasteiger partial charge in [-0.05, 0) is 54.0 Å². The van der Waals surface area contributed by atoms with E-state index in [-0.39, 0.29) is 6.61 Å². The van der Waals surface area contributed by atoms with E-state index < -0.39 is 5.97 Å². The minimum absolute atomic E-state index is 0.175. The van der Waals surface area contributed by atoms with Crippen LogP contribution in [0.5, 0.6) is 5.75 Å². The first kappa shape index (κ1) is 20.0. The number of ether oxygens (including phenoxy) is 2. The molecule has 3 rings (SSSR count). The number of hydrogen-bond donors (Lipinski definition) is 0. The smallest absolute Gasteiger partial charge is 0.339 e. The fourth-order valence-electron chi connectivity index (χ4n) is 2.76. The van der Waals surface area contributed by atoms with E-state index in [1.807, 2.05) is 66.7 Å². The van der Waals surface area contributed by atoms with Gasteiger partial charge in [0.2, 0.25) is 0 Å². The summed E-state index contributed by atoms with van der Waals surface area (Å²) in [6.45, 7) is 4.19. The minimum atomic E-state index is -0.404. The van der Waals surface area contributed by atoms with Crippen LogP contribution < -0.4 is 4.74 Å². The molecule has 3 aromatic rings. The highest BCUT2D eigenvalue weighted by atomic mass is 16.5. The van der Waals surface area contributed by atoms with Crippen molar-refractivity contribution in [1.82, 2.24) is 0 Å². The summed E-state index contributed by atoms with van der Waals surface area (Å²) >= 11 is 0. The highest BCUT2D eigenvalue weighted by Gasteiger charge is 2.12. The van der Waals surface area contributed by atoms with Gasteiger partial charge in [0, 0.05) is 11.1 Å². The van der Waals surface area contributed by atoms with E-state index in [1.165, 1.54) is 0 Å². The van der Waals surface area contributed by atoms with Crippen LogP contribution in [0.4, 0.5) is 0 Å². The molecule has 0 spiro atoms. The van der Waals surface area contributed by atoms with Crippen LogP contribution in [0.15, 0.2) is 91.0 Å². The number of carbonyl (C=O) groups is 1. The molecular formula is C26H22O3. The Kier molecular flexibility index (Phi) is 6.86. The average Bonchev–Trinajstić information content (AvgIpc) is 2.77. The molecular weight excluding hydrogens is 360 g/mol. The second-order valence-electron chi connectivity index (χ2n) is 6.51. The predicted molar refractivity (Wildman–Crippen MR) is 115 cm³/mol. The molecule has 3 aromatic carbocycles. The average molecular weight is 382 g/mol. The van der Waals surface area contributed by atoms with Crippen molar-refractivity contribution in [3.8, 4) is 17.6 Å². The first-order chi connectivity index (χ1) is 14.2. The van der Waals surface area contributed by atoms with Crippen LogP contribution in [-0.2, 0) is 11.2 Å². The number of esters is 1. The normalized spacial score (nSPS) is 9.83. The van der Waals surface area contributed by atoms with Crippen LogP contribution in [-0.4, -0.2) is 19.7 Å². The third-order valence-electron chi connectivity index (χ3n) is 4.28. The highest BCUT2D eigenvalue weighted by molar-refractivity contribution is 5.92. The molecule has 0 saturated heterocycles. The van der Waals surface area contributed by atoms with Crippen LogP contribution >= 0.6 is 0 Å². The van der Waals surface area contributed by atoms with Crippen LogP contribution in [0.25, 0.3) is 0 Å². The van der Waals surface area contributed by atoms with Gasteiger partial charge in [0.1, 0.15) is 12.4 Å². The Morgan fingerprint density at radius 2 is 1.59 bits per heavy atom. The zero-order chi connectivity index (χ0) is 20.5. The van der Waals surface area contributed by atoms with Gasteiger partial charge in [-0.15, -0.1) is 0 Å².